The van der Waals surface area contributed by atoms with Crippen LogP contribution in [0.4, 0.5) is 5.13 Å². The number of sulfonamides is 1. The molecule has 1 fully saturated rings. The summed E-state index contributed by atoms with van der Waals surface area (Å²) >= 11 is 7.56. The monoisotopic (exact) mass is 536 g/mol. The van der Waals surface area contributed by atoms with E-state index >= 15 is 0 Å². The summed E-state index contributed by atoms with van der Waals surface area (Å²) in [7, 11) is -3.63. The van der Waals surface area contributed by atoms with Gasteiger partial charge in [-0.15, -0.1) is 0 Å². The number of halogens is 1. The molecule has 1 aliphatic heterocycles. The van der Waals surface area contributed by atoms with Gasteiger partial charge in [-0.2, -0.15) is 4.31 Å². The normalized spacial score (nSPS) is 15.1. The van der Waals surface area contributed by atoms with Crippen LogP contribution in [0.15, 0.2) is 47.4 Å². The molecule has 0 spiro atoms. The highest BCUT2D eigenvalue weighted by Gasteiger charge is 2.27. The highest BCUT2D eigenvalue weighted by atomic mass is 35.5. The molecule has 1 aromatic heterocycles. The number of morpholine rings is 1. The minimum atomic E-state index is -3.63. The molecule has 2 heterocycles. The predicted molar refractivity (Wildman–Crippen MR) is 140 cm³/mol. The molecule has 2 aromatic carbocycles. The van der Waals surface area contributed by atoms with Gasteiger partial charge in [-0.1, -0.05) is 36.8 Å². The number of nitrogens with zero attached hydrogens (tertiary/aromatic N) is 4. The van der Waals surface area contributed by atoms with Gasteiger partial charge in [-0.25, -0.2) is 13.4 Å². The third-order valence-electron chi connectivity index (χ3n) is 6.06. The summed E-state index contributed by atoms with van der Waals surface area (Å²) in [6.07, 6.45) is 0. The molecule has 3 aromatic rings. The molecule has 0 unspecified atom stereocenters. The Morgan fingerprint density at radius 1 is 1.09 bits per heavy atom. The van der Waals surface area contributed by atoms with E-state index in [2.05, 4.69) is 23.7 Å². The zero-order valence-corrected chi connectivity index (χ0v) is 22.2. The Bertz CT molecular complexity index is 1270. The van der Waals surface area contributed by atoms with Gasteiger partial charge in [0.2, 0.25) is 10.0 Å². The van der Waals surface area contributed by atoms with Gasteiger partial charge in [-0.05, 0) is 55.6 Å². The van der Waals surface area contributed by atoms with E-state index in [1.165, 1.54) is 27.8 Å². The zero-order chi connectivity index (χ0) is 25.0. The van der Waals surface area contributed by atoms with E-state index in [-0.39, 0.29) is 10.8 Å². The van der Waals surface area contributed by atoms with Crippen molar-refractivity contribution < 1.29 is 17.9 Å². The van der Waals surface area contributed by atoms with Crippen LogP contribution in [0.5, 0.6) is 0 Å². The molecule has 0 radical (unpaired) electrons. The fourth-order valence-corrected chi connectivity index (χ4v) is 6.60. The van der Waals surface area contributed by atoms with Gasteiger partial charge in [0, 0.05) is 36.8 Å². The number of carbonyl (C=O) groups excluding carboxylic acids is 1. The minimum Gasteiger partial charge on any atom is -0.379 e. The summed E-state index contributed by atoms with van der Waals surface area (Å²) in [5, 5.41) is 1.20. The second kappa shape index (κ2) is 11.3. The Morgan fingerprint density at radius 3 is 2.43 bits per heavy atom. The van der Waals surface area contributed by atoms with Gasteiger partial charge in [0.1, 0.15) is 0 Å². The van der Waals surface area contributed by atoms with Crippen LogP contribution < -0.4 is 4.90 Å². The van der Waals surface area contributed by atoms with Crippen molar-refractivity contribution in [2.24, 2.45) is 0 Å². The highest BCUT2D eigenvalue weighted by molar-refractivity contribution is 7.89. The van der Waals surface area contributed by atoms with Gasteiger partial charge in [0.05, 0.1) is 28.3 Å². The standard InChI is InChI=1S/C24H29ClN4O4S2/c1-3-27(4-2)11-12-29(24-26-21-10-7-19(25)17-22(21)34-24)23(30)18-5-8-20(9-6-18)35(31,32)28-13-15-33-16-14-28/h5-10,17H,3-4,11-16H2,1-2H3. The first-order chi connectivity index (χ1) is 16.8. The first kappa shape index (κ1) is 26.0. The number of fused-ring (bicyclic) bond motifs is 1. The van der Waals surface area contributed by atoms with Gasteiger partial charge >= 0.3 is 0 Å². The number of carbonyl (C=O) groups is 1. The minimum absolute atomic E-state index is 0.167. The molecular formula is C24H29ClN4O4S2. The third kappa shape index (κ3) is 5.84. The molecule has 1 aliphatic rings. The number of thiazole rings is 1. The molecule has 0 atom stereocenters. The lowest BCUT2D eigenvalue weighted by Gasteiger charge is -2.26. The number of likely N-dealkylation sites (N-methyl/N-ethyl adjacent to an activating group) is 1. The van der Waals surface area contributed by atoms with E-state index in [0.29, 0.717) is 55.1 Å². The second-order valence-corrected chi connectivity index (χ2v) is 11.5. The first-order valence-electron chi connectivity index (χ1n) is 11.6. The van der Waals surface area contributed by atoms with Gasteiger partial charge < -0.3 is 9.64 Å². The molecule has 8 nitrogen and oxygen atoms in total. The zero-order valence-electron chi connectivity index (χ0n) is 19.8. The molecular weight excluding hydrogens is 508 g/mol. The fourth-order valence-electron chi connectivity index (χ4n) is 3.93. The highest BCUT2D eigenvalue weighted by Crippen LogP contribution is 2.31. The molecule has 4 rings (SSSR count). The molecule has 0 N–H and O–H groups in total. The lowest BCUT2D eigenvalue weighted by Crippen LogP contribution is -2.40. The smallest absolute Gasteiger partial charge is 0.260 e. The summed E-state index contributed by atoms with van der Waals surface area (Å²) < 4.78 is 33.5. The quantitative estimate of drug-likeness (QED) is 0.411. The van der Waals surface area contributed by atoms with Crippen LogP contribution in [0.2, 0.25) is 5.02 Å². The lowest BCUT2D eigenvalue weighted by atomic mass is 10.2. The average molecular weight is 537 g/mol. The maximum Gasteiger partial charge on any atom is 0.260 e. The summed E-state index contributed by atoms with van der Waals surface area (Å²) in [6, 6.07) is 11.6. The lowest BCUT2D eigenvalue weighted by molar-refractivity contribution is 0.0730. The summed E-state index contributed by atoms with van der Waals surface area (Å²) in [4.78, 5) is 22.4. The van der Waals surface area contributed by atoms with E-state index < -0.39 is 10.0 Å². The van der Waals surface area contributed by atoms with E-state index in [9.17, 15) is 13.2 Å². The van der Waals surface area contributed by atoms with Crippen LogP contribution in [0, 0.1) is 0 Å². The molecule has 35 heavy (non-hydrogen) atoms. The maximum atomic E-state index is 13.6. The van der Waals surface area contributed by atoms with Crippen molar-refractivity contribution >= 4 is 54.2 Å². The summed E-state index contributed by atoms with van der Waals surface area (Å²) in [5.41, 5.74) is 1.18. The van der Waals surface area contributed by atoms with Crippen LogP contribution in [-0.2, 0) is 14.8 Å². The number of aromatic nitrogens is 1. The molecule has 1 amide bonds. The van der Waals surface area contributed by atoms with E-state index in [0.717, 1.165) is 23.3 Å². The van der Waals surface area contributed by atoms with E-state index in [1.807, 2.05) is 12.1 Å². The predicted octanol–water partition coefficient (Wildman–Crippen LogP) is 3.96. The Labute approximate surface area is 215 Å². The number of hydrogen-bond acceptors (Lipinski definition) is 7. The molecule has 11 heteroatoms. The number of anilines is 1. The fraction of sp³-hybridized carbons (Fsp3) is 0.417. The number of benzene rings is 2. The summed E-state index contributed by atoms with van der Waals surface area (Å²) in [6.45, 7) is 8.49. The average Bonchev–Trinajstić information content (AvgIpc) is 3.29. The van der Waals surface area contributed by atoms with Gasteiger partial charge in [0.15, 0.2) is 5.13 Å². The number of ether oxygens (including phenoxy) is 1. The Kier molecular flexibility index (Phi) is 8.41. The number of hydrogen-bond donors (Lipinski definition) is 0. The third-order valence-corrected chi connectivity index (χ3v) is 9.25. The van der Waals surface area contributed by atoms with Crippen molar-refractivity contribution in [1.29, 1.82) is 0 Å². The van der Waals surface area contributed by atoms with Crippen molar-refractivity contribution in [2.75, 3.05) is 57.4 Å². The van der Waals surface area contributed by atoms with Gasteiger partial charge in [0.25, 0.3) is 5.91 Å². The summed E-state index contributed by atoms with van der Waals surface area (Å²) in [5.74, 6) is -0.224. The van der Waals surface area contributed by atoms with E-state index in [4.69, 9.17) is 16.3 Å². The first-order valence-corrected chi connectivity index (χ1v) is 14.2. The van der Waals surface area contributed by atoms with Crippen molar-refractivity contribution in [3.63, 3.8) is 0 Å². The van der Waals surface area contributed by atoms with E-state index in [1.54, 1.807) is 23.1 Å². The Hall–Kier alpha value is -2.08. The van der Waals surface area contributed by atoms with Gasteiger partial charge in [-0.3, -0.25) is 9.69 Å². The topological polar surface area (TPSA) is 83.1 Å². The second-order valence-electron chi connectivity index (χ2n) is 8.13. The van der Waals surface area contributed by atoms with Crippen LogP contribution in [-0.4, -0.2) is 81.0 Å². The van der Waals surface area contributed by atoms with Crippen LogP contribution in [0.1, 0.15) is 24.2 Å². The SMILES string of the molecule is CCN(CC)CCN(C(=O)c1ccc(S(=O)(=O)N2CCOCC2)cc1)c1nc2ccc(Cl)cc2s1. The van der Waals surface area contributed by atoms with Crippen molar-refractivity contribution in [1.82, 2.24) is 14.2 Å². The number of rotatable bonds is 9. The molecule has 0 bridgehead atoms. The molecule has 0 saturated carbocycles. The molecule has 1 saturated heterocycles. The van der Waals surface area contributed by atoms with Crippen LogP contribution in [0.25, 0.3) is 10.2 Å². The van der Waals surface area contributed by atoms with Crippen LogP contribution >= 0.6 is 22.9 Å². The molecule has 188 valence electrons. The largest absolute Gasteiger partial charge is 0.379 e. The Morgan fingerprint density at radius 2 is 1.77 bits per heavy atom. The maximum absolute atomic E-state index is 13.6. The Balaban J connectivity index is 1.61. The van der Waals surface area contributed by atoms with Crippen LogP contribution in [0.3, 0.4) is 0 Å². The molecule has 0 aliphatic carbocycles. The van der Waals surface area contributed by atoms with Crippen molar-refractivity contribution in [3.8, 4) is 0 Å². The van der Waals surface area contributed by atoms with Crippen molar-refractivity contribution in [3.05, 3.63) is 53.1 Å². The number of amides is 1. The van der Waals surface area contributed by atoms with Crippen molar-refractivity contribution in [2.45, 2.75) is 18.7 Å².